The van der Waals surface area contributed by atoms with Crippen molar-refractivity contribution in [2.45, 2.75) is 104 Å². The number of carbonyl (C=O) groups excluding carboxylic acids is 5. The zero-order valence-electron chi connectivity index (χ0n) is 30.3. The van der Waals surface area contributed by atoms with Crippen LogP contribution in [0.4, 0.5) is 0 Å². The molecule has 0 fully saturated rings. The van der Waals surface area contributed by atoms with Crippen molar-refractivity contribution in [2.75, 3.05) is 13.1 Å². The van der Waals surface area contributed by atoms with Gasteiger partial charge in [0, 0.05) is 24.2 Å². The highest BCUT2D eigenvalue weighted by atomic mass is 16.6. The van der Waals surface area contributed by atoms with Crippen molar-refractivity contribution in [1.29, 1.82) is 0 Å². The molecule has 1 heterocycles. The molecule has 4 N–H and O–H groups in total. The van der Waals surface area contributed by atoms with E-state index in [9.17, 15) is 24.0 Å². The molecule has 2 aromatic rings. The number of aryl methyl sites for hydroxylation is 1. The molecule has 0 bridgehead atoms. The van der Waals surface area contributed by atoms with Crippen LogP contribution in [0.5, 0.6) is 0 Å². The molecule has 0 saturated heterocycles. The Balaban J connectivity index is 1.77. The first kappa shape index (κ1) is 39.5. The largest absolute Gasteiger partial charge is 0.458 e. The van der Waals surface area contributed by atoms with Gasteiger partial charge in [-0.15, -0.1) is 0 Å². The normalized spacial score (nSPS) is 15.5. The molecule has 1 aliphatic rings. The fourth-order valence-corrected chi connectivity index (χ4v) is 5.80. The third-order valence-corrected chi connectivity index (χ3v) is 8.32. The van der Waals surface area contributed by atoms with E-state index in [1.807, 2.05) is 96.1 Å². The minimum atomic E-state index is -0.836. The van der Waals surface area contributed by atoms with Crippen LogP contribution in [0.15, 0.2) is 72.5 Å². The van der Waals surface area contributed by atoms with E-state index < -0.39 is 41.5 Å². The third kappa shape index (κ3) is 11.6. The van der Waals surface area contributed by atoms with E-state index in [0.717, 1.165) is 35.1 Å². The smallest absolute Gasteiger partial charge is 0.333 e. The second-order valence-corrected chi connectivity index (χ2v) is 13.6. The van der Waals surface area contributed by atoms with Gasteiger partial charge in [0.2, 0.25) is 24.1 Å². The van der Waals surface area contributed by atoms with Crippen LogP contribution in [0, 0.1) is 6.92 Å². The van der Waals surface area contributed by atoms with Gasteiger partial charge in [-0.05, 0) is 57.2 Å². The van der Waals surface area contributed by atoms with Crippen LogP contribution in [-0.4, -0.2) is 65.8 Å². The number of hydrogen-bond acceptors (Lipinski definition) is 7. The van der Waals surface area contributed by atoms with Gasteiger partial charge >= 0.3 is 5.97 Å². The van der Waals surface area contributed by atoms with Gasteiger partial charge < -0.3 is 30.9 Å². The Hall–Kier alpha value is -4.93. The second-order valence-electron chi connectivity index (χ2n) is 13.6. The Morgan fingerprint density at radius 3 is 2.38 bits per heavy atom. The summed E-state index contributed by atoms with van der Waals surface area (Å²) in [5.41, 5.74) is 3.79. The van der Waals surface area contributed by atoms with Crippen molar-refractivity contribution in [3.05, 3.63) is 94.7 Å². The van der Waals surface area contributed by atoms with Crippen LogP contribution in [-0.2, 0) is 41.7 Å². The van der Waals surface area contributed by atoms with E-state index in [0.29, 0.717) is 31.4 Å². The molecule has 11 nitrogen and oxygen atoms in total. The average Bonchev–Trinajstić information content (AvgIpc) is 3.08. The SMILES string of the molecule is C=C(C(=O)NC/C(=C\CC)NC(C(=O)OC(C)(C)C)c1ccccc1)C(CCCC)NC(=O)C1Cc2ccc(C)cc2CN1C(=O)CNC=O. The van der Waals surface area contributed by atoms with Crippen LogP contribution < -0.4 is 21.3 Å². The summed E-state index contributed by atoms with van der Waals surface area (Å²) in [6.45, 7) is 15.5. The predicted octanol–water partition coefficient (Wildman–Crippen LogP) is 4.31. The van der Waals surface area contributed by atoms with Gasteiger partial charge in [0.05, 0.1) is 19.1 Å². The first-order valence-electron chi connectivity index (χ1n) is 17.3. The summed E-state index contributed by atoms with van der Waals surface area (Å²) in [7, 11) is 0. The van der Waals surface area contributed by atoms with Crippen molar-refractivity contribution in [1.82, 2.24) is 26.2 Å². The molecule has 0 aliphatic carbocycles. The predicted molar refractivity (Wildman–Crippen MR) is 193 cm³/mol. The number of rotatable bonds is 17. The number of esters is 1. The lowest BCUT2D eigenvalue weighted by Crippen LogP contribution is -2.56. The molecule has 270 valence electrons. The van der Waals surface area contributed by atoms with Gasteiger partial charge in [-0.1, -0.05) is 93.4 Å². The fraction of sp³-hybridized carbons (Fsp3) is 0.462. The maximum Gasteiger partial charge on any atom is 0.333 e. The molecule has 3 rings (SSSR count). The molecule has 1 aliphatic heterocycles. The number of benzene rings is 2. The summed E-state index contributed by atoms with van der Waals surface area (Å²) < 4.78 is 5.71. The van der Waals surface area contributed by atoms with E-state index >= 15 is 0 Å². The highest BCUT2D eigenvalue weighted by molar-refractivity contribution is 5.96. The lowest BCUT2D eigenvalue weighted by molar-refractivity contribution is -0.157. The number of amides is 4. The Morgan fingerprint density at radius 2 is 1.74 bits per heavy atom. The van der Waals surface area contributed by atoms with Crippen LogP contribution in [0.1, 0.15) is 88.6 Å². The van der Waals surface area contributed by atoms with Crippen LogP contribution in [0.25, 0.3) is 0 Å². The zero-order valence-corrected chi connectivity index (χ0v) is 30.3. The molecule has 2 aromatic carbocycles. The lowest BCUT2D eigenvalue weighted by atomic mass is 9.91. The van der Waals surface area contributed by atoms with Crippen molar-refractivity contribution in [2.24, 2.45) is 0 Å². The van der Waals surface area contributed by atoms with E-state index in [1.54, 1.807) is 0 Å². The monoisotopic (exact) mass is 687 g/mol. The number of fused-ring (bicyclic) bond motifs is 1. The molecule has 11 heteroatoms. The Morgan fingerprint density at radius 1 is 1.02 bits per heavy atom. The van der Waals surface area contributed by atoms with Gasteiger partial charge in [0.25, 0.3) is 0 Å². The summed E-state index contributed by atoms with van der Waals surface area (Å²) >= 11 is 0. The highest BCUT2D eigenvalue weighted by Gasteiger charge is 2.36. The zero-order chi connectivity index (χ0) is 36.8. The van der Waals surface area contributed by atoms with Crippen molar-refractivity contribution in [3.8, 4) is 0 Å². The van der Waals surface area contributed by atoms with E-state index in [4.69, 9.17) is 4.74 Å². The fourth-order valence-electron chi connectivity index (χ4n) is 5.80. The average molecular weight is 688 g/mol. The number of unbranched alkanes of at least 4 members (excludes halogenated alkanes) is 1. The molecule has 0 radical (unpaired) electrons. The number of ether oxygens (including phenoxy) is 1. The quantitative estimate of drug-likeness (QED) is 0.110. The van der Waals surface area contributed by atoms with E-state index in [-0.39, 0.29) is 31.1 Å². The Kier molecular flexibility index (Phi) is 14.8. The number of nitrogens with zero attached hydrogens (tertiary/aromatic N) is 1. The molecule has 4 amide bonds. The molecule has 0 aromatic heterocycles. The summed E-state index contributed by atoms with van der Waals surface area (Å²) in [6.07, 6.45) is 5.32. The lowest BCUT2D eigenvalue weighted by Gasteiger charge is -2.37. The van der Waals surface area contributed by atoms with Crippen molar-refractivity contribution in [3.63, 3.8) is 0 Å². The third-order valence-electron chi connectivity index (χ3n) is 8.32. The van der Waals surface area contributed by atoms with Crippen LogP contribution in [0.2, 0.25) is 0 Å². The Labute approximate surface area is 296 Å². The molecule has 50 heavy (non-hydrogen) atoms. The van der Waals surface area contributed by atoms with Gasteiger partial charge in [0.15, 0.2) is 6.04 Å². The highest BCUT2D eigenvalue weighted by Crippen LogP contribution is 2.26. The second kappa shape index (κ2) is 18.7. The first-order chi connectivity index (χ1) is 23.8. The van der Waals surface area contributed by atoms with Crippen molar-refractivity contribution < 1.29 is 28.7 Å². The summed E-state index contributed by atoms with van der Waals surface area (Å²) in [5.74, 6) is -1.67. The van der Waals surface area contributed by atoms with Crippen LogP contribution in [0.3, 0.4) is 0 Å². The Bertz CT molecular complexity index is 1550. The minimum absolute atomic E-state index is 0.0805. The van der Waals surface area contributed by atoms with E-state index in [1.165, 1.54) is 4.90 Å². The van der Waals surface area contributed by atoms with E-state index in [2.05, 4.69) is 27.8 Å². The molecular weight excluding hydrogens is 634 g/mol. The van der Waals surface area contributed by atoms with Gasteiger partial charge in [0.1, 0.15) is 11.6 Å². The summed E-state index contributed by atoms with van der Waals surface area (Å²) in [6, 6.07) is 12.9. The minimum Gasteiger partial charge on any atom is -0.458 e. The number of hydrogen-bond donors (Lipinski definition) is 4. The summed E-state index contributed by atoms with van der Waals surface area (Å²) in [4.78, 5) is 66.3. The standard InChI is InChI=1S/C39H53N5O6/c1-8-10-17-32(43-37(48)33-21-29-19-18-26(3)20-30(29)24-44(33)34(46)23-40-25-45)27(4)36(47)41-22-31(14-9-2)42-35(28-15-12-11-13-16-28)38(49)50-39(5,6)7/h11-16,18-20,25,32-33,35,42H,4,8-10,17,21-24H2,1-3,5-7H3,(H,40,45)(H,41,47)(H,43,48)/b31-14+. The summed E-state index contributed by atoms with van der Waals surface area (Å²) in [5, 5.41) is 11.6. The number of nitrogens with one attached hydrogen (secondary N) is 4. The molecule has 3 atom stereocenters. The maximum atomic E-state index is 13.9. The molecule has 3 unspecified atom stereocenters. The van der Waals surface area contributed by atoms with Gasteiger partial charge in [-0.25, -0.2) is 4.79 Å². The van der Waals surface area contributed by atoms with Crippen molar-refractivity contribution >= 4 is 30.1 Å². The first-order valence-corrected chi connectivity index (χ1v) is 17.3. The topological polar surface area (TPSA) is 146 Å². The van der Waals surface area contributed by atoms with Crippen LogP contribution >= 0.6 is 0 Å². The molecule has 0 saturated carbocycles. The number of allylic oxidation sites excluding steroid dienone is 1. The number of carbonyl (C=O) groups is 5. The molecular formula is C39H53N5O6. The van der Waals surface area contributed by atoms with Gasteiger partial charge in [-0.3, -0.25) is 19.2 Å². The maximum absolute atomic E-state index is 13.9. The van der Waals surface area contributed by atoms with Gasteiger partial charge in [-0.2, -0.15) is 0 Å². The molecule has 0 spiro atoms.